The number of carbonyl (C=O) groups excluding carboxylic acids is 2. The monoisotopic (exact) mass is 422 g/mol. The first kappa shape index (κ1) is 22.1. The molecule has 0 fully saturated rings. The number of carbonyl (C=O) groups is 2. The lowest BCUT2D eigenvalue weighted by atomic mass is 10.1. The van der Waals surface area contributed by atoms with Crippen LogP contribution in [0.2, 0.25) is 10.0 Å². The maximum Gasteiger partial charge on any atom is 0.242 e. The zero-order valence-electron chi connectivity index (χ0n) is 16.2. The minimum Gasteiger partial charge on any atom is -0.497 e. The predicted molar refractivity (Wildman–Crippen MR) is 112 cm³/mol. The highest BCUT2D eigenvalue weighted by molar-refractivity contribution is 6.36. The van der Waals surface area contributed by atoms with Crippen molar-refractivity contribution in [3.63, 3.8) is 0 Å². The summed E-state index contributed by atoms with van der Waals surface area (Å²) in [4.78, 5) is 27.1. The van der Waals surface area contributed by atoms with Crippen LogP contribution in [0.15, 0.2) is 42.5 Å². The lowest BCUT2D eigenvalue weighted by Gasteiger charge is -2.31. The zero-order chi connectivity index (χ0) is 20.7. The number of hydrogen-bond donors (Lipinski definition) is 1. The third kappa shape index (κ3) is 5.40. The lowest BCUT2D eigenvalue weighted by molar-refractivity contribution is -0.140. The molecule has 0 aromatic heterocycles. The highest BCUT2D eigenvalue weighted by Crippen LogP contribution is 2.27. The van der Waals surface area contributed by atoms with Crippen molar-refractivity contribution in [2.75, 3.05) is 14.2 Å². The molecule has 0 spiro atoms. The average Bonchev–Trinajstić information content (AvgIpc) is 2.70. The van der Waals surface area contributed by atoms with Crippen molar-refractivity contribution in [2.24, 2.45) is 0 Å². The van der Waals surface area contributed by atoms with Crippen LogP contribution >= 0.6 is 23.2 Å². The van der Waals surface area contributed by atoms with Gasteiger partial charge in [0.2, 0.25) is 11.8 Å². The lowest BCUT2D eigenvalue weighted by Crippen LogP contribution is -2.48. The van der Waals surface area contributed by atoms with E-state index in [1.807, 2.05) is 19.1 Å². The number of methoxy groups -OCH3 is 1. The van der Waals surface area contributed by atoms with Crippen LogP contribution in [0.1, 0.15) is 24.5 Å². The molecule has 2 aromatic carbocycles. The van der Waals surface area contributed by atoms with E-state index in [0.717, 1.165) is 5.56 Å². The number of benzene rings is 2. The summed E-state index contributed by atoms with van der Waals surface area (Å²) in [7, 11) is 3.14. The fourth-order valence-electron chi connectivity index (χ4n) is 2.96. The smallest absolute Gasteiger partial charge is 0.242 e. The normalized spacial score (nSPS) is 11.6. The Labute approximate surface area is 175 Å². The van der Waals surface area contributed by atoms with Crippen LogP contribution in [0.4, 0.5) is 0 Å². The molecular weight excluding hydrogens is 399 g/mol. The Balaban J connectivity index is 2.33. The zero-order valence-corrected chi connectivity index (χ0v) is 17.7. The van der Waals surface area contributed by atoms with Crippen LogP contribution < -0.4 is 10.1 Å². The first-order valence-corrected chi connectivity index (χ1v) is 9.73. The molecule has 150 valence electrons. The van der Waals surface area contributed by atoms with E-state index < -0.39 is 6.04 Å². The average molecular weight is 423 g/mol. The molecule has 1 atom stereocenters. The Bertz CT molecular complexity index is 805. The summed E-state index contributed by atoms with van der Waals surface area (Å²) in [6, 6.07) is 11.8. The number of amides is 2. The van der Waals surface area contributed by atoms with Crippen molar-refractivity contribution in [3.05, 3.63) is 63.6 Å². The molecule has 5 nitrogen and oxygen atoms in total. The maximum absolute atomic E-state index is 13.1. The summed E-state index contributed by atoms with van der Waals surface area (Å²) < 4.78 is 5.15. The van der Waals surface area contributed by atoms with Gasteiger partial charge in [0.25, 0.3) is 0 Å². The first-order chi connectivity index (χ1) is 13.4. The van der Waals surface area contributed by atoms with Gasteiger partial charge in [-0.05, 0) is 36.2 Å². The summed E-state index contributed by atoms with van der Waals surface area (Å²) >= 11 is 12.6. The number of likely N-dealkylation sites (N-methyl/N-ethyl adjacent to an activating group) is 1. The Hall–Kier alpha value is -2.24. The van der Waals surface area contributed by atoms with Gasteiger partial charge in [-0.2, -0.15) is 0 Å². The second-order valence-corrected chi connectivity index (χ2v) is 7.10. The van der Waals surface area contributed by atoms with E-state index in [2.05, 4.69) is 5.32 Å². The van der Waals surface area contributed by atoms with Gasteiger partial charge >= 0.3 is 0 Å². The van der Waals surface area contributed by atoms with Crippen molar-refractivity contribution in [1.82, 2.24) is 10.2 Å². The molecule has 2 rings (SSSR count). The van der Waals surface area contributed by atoms with E-state index in [0.29, 0.717) is 27.8 Å². The third-order valence-electron chi connectivity index (χ3n) is 4.54. The molecule has 0 aliphatic carbocycles. The van der Waals surface area contributed by atoms with Crippen LogP contribution in [-0.2, 0) is 22.6 Å². The molecule has 7 heteroatoms. The summed E-state index contributed by atoms with van der Waals surface area (Å²) in [6.45, 7) is 2.02. The van der Waals surface area contributed by atoms with Crippen molar-refractivity contribution < 1.29 is 14.3 Å². The van der Waals surface area contributed by atoms with Gasteiger partial charge in [0.1, 0.15) is 11.8 Å². The van der Waals surface area contributed by atoms with Gasteiger partial charge in [0.05, 0.1) is 13.5 Å². The highest BCUT2D eigenvalue weighted by Gasteiger charge is 2.29. The molecule has 0 radical (unpaired) electrons. The molecule has 0 saturated carbocycles. The van der Waals surface area contributed by atoms with Gasteiger partial charge in [0, 0.05) is 29.2 Å². The van der Waals surface area contributed by atoms with Gasteiger partial charge in [-0.3, -0.25) is 9.59 Å². The first-order valence-electron chi connectivity index (χ1n) is 8.98. The third-order valence-corrected chi connectivity index (χ3v) is 5.25. The Morgan fingerprint density at radius 3 is 2.21 bits per heavy atom. The van der Waals surface area contributed by atoms with E-state index in [1.54, 1.807) is 44.5 Å². The van der Waals surface area contributed by atoms with E-state index in [9.17, 15) is 9.59 Å². The summed E-state index contributed by atoms with van der Waals surface area (Å²) in [6.07, 6.45) is 0.621. The second-order valence-electron chi connectivity index (χ2n) is 6.29. The highest BCUT2D eigenvalue weighted by atomic mass is 35.5. The van der Waals surface area contributed by atoms with E-state index in [-0.39, 0.29) is 24.8 Å². The topological polar surface area (TPSA) is 58.6 Å². The van der Waals surface area contributed by atoms with Gasteiger partial charge in [-0.1, -0.05) is 48.3 Å². The number of ether oxygens (including phenoxy) is 1. The summed E-state index contributed by atoms with van der Waals surface area (Å²) in [5.41, 5.74) is 1.45. The quantitative estimate of drug-likeness (QED) is 0.696. The molecular formula is C21H24Cl2N2O3. The van der Waals surface area contributed by atoms with Crippen LogP contribution in [0.3, 0.4) is 0 Å². The molecule has 0 aliphatic heterocycles. The van der Waals surface area contributed by atoms with E-state index >= 15 is 0 Å². The van der Waals surface area contributed by atoms with Gasteiger partial charge in [-0.15, -0.1) is 0 Å². The molecule has 0 aliphatic rings. The number of halogens is 2. The minimum atomic E-state index is -0.622. The van der Waals surface area contributed by atoms with Gasteiger partial charge < -0.3 is 15.0 Å². The molecule has 0 bridgehead atoms. The number of nitrogens with one attached hydrogen (secondary N) is 1. The number of nitrogens with zero attached hydrogens (tertiary/aromatic N) is 1. The number of hydrogen-bond acceptors (Lipinski definition) is 3. The second kappa shape index (κ2) is 10.3. The molecule has 1 N–H and O–H groups in total. The molecule has 0 unspecified atom stereocenters. The molecule has 28 heavy (non-hydrogen) atoms. The molecule has 0 heterocycles. The minimum absolute atomic E-state index is 0.152. The Morgan fingerprint density at radius 2 is 1.71 bits per heavy atom. The van der Waals surface area contributed by atoms with Crippen molar-refractivity contribution >= 4 is 35.0 Å². The Kier molecular flexibility index (Phi) is 8.15. The van der Waals surface area contributed by atoms with E-state index in [1.165, 1.54) is 4.90 Å². The fraction of sp³-hybridized carbons (Fsp3) is 0.333. The predicted octanol–water partition coefficient (Wildman–Crippen LogP) is 4.10. The maximum atomic E-state index is 13.1. The molecule has 0 saturated heterocycles. The van der Waals surface area contributed by atoms with Crippen LogP contribution in [0.5, 0.6) is 5.75 Å². The SMILES string of the molecule is CC[C@H](C(=O)NC)N(Cc1c(Cl)cccc1Cl)C(=O)Cc1ccc(OC)cc1. The number of rotatable bonds is 8. The van der Waals surface area contributed by atoms with Crippen molar-refractivity contribution in [1.29, 1.82) is 0 Å². The largest absolute Gasteiger partial charge is 0.497 e. The van der Waals surface area contributed by atoms with Crippen LogP contribution in [-0.4, -0.2) is 36.9 Å². The fourth-order valence-corrected chi connectivity index (χ4v) is 3.48. The van der Waals surface area contributed by atoms with E-state index in [4.69, 9.17) is 27.9 Å². The Morgan fingerprint density at radius 1 is 1.11 bits per heavy atom. The molecule has 2 amide bonds. The summed E-state index contributed by atoms with van der Waals surface area (Å²) in [5, 5.41) is 3.55. The van der Waals surface area contributed by atoms with Gasteiger partial charge in [0.15, 0.2) is 0 Å². The van der Waals surface area contributed by atoms with Gasteiger partial charge in [-0.25, -0.2) is 0 Å². The molecule has 2 aromatic rings. The van der Waals surface area contributed by atoms with Crippen LogP contribution in [0.25, 0.3) is 0 Å². The van der Waals surface area contributed by atoms with Crippen molar-refractivity contribution in [2.45, 2.75) is 32.4 Å². The van der Waals surface area contributed by atoms with Crippen LogP contribution in [0, 0.1) is 0 Å². The summed E-state index contributed by atoms with van der Waals surface area (Å²) in [5.74, 6) is 0.304. The van der Waals surface area contributed by atoms with Crippen molar-refractivity contribution in [3.8, 4) is 5.75 Å². The standard InChI is InChI=1S/C21H24Cl2N2O3/c1-4-19(21(27)24-2)25(13-16-17(22)6-5-7-18(16)23)20(26)12-14-8-10-15(28-3)11-9-14/h5-11,19H,4,12-13H2,1-3H3,(H,24,27)/t19-/m1/s1.